The van der Waals surface area contributed by atoms with Crippen molar-refractivity contribution in [3.63, 3.8) is 0 Å². The van der Waals surface area contributed by atoms with Gasteiger partial charge >= 0.3 is 17.8 Å². The number of rotatable bonds is 7. The van der Waals surface area contributed by atoms with Gasteiger partial charge in [-0.25, -0.2) is 4.98 Å². The number of alkyl halides is 5. The number of hydrogen-bond acceptors (Lipinski definition) is 7. The van der Waals surface area contributed by atoms with E-state index in [-0.39, 0.29) is 65.8 Å². The predicted octanol–water partition coefficient (Wildman–Crippen LogP) is 3.97. The Morgan fingerprint density at radius 1 is 1.16 bits per heavy atom. The number of nitrogens with one attached hydrogen (secondary N) is 1. The number of ether oxygens (including phenoxy) is 1. The summed E-state index contributed by atoms with van der Waals surface area (Å²) in [6.07, 6.45) is 4.12. The number of likely N-dealkylation sites (tertiary alicyclic amines) is 1. The number of carbonyl (C=O) groups is 1. The maximum Gasteiger partial charge on any atom is 0.323 e. The van der Waals surface area contributed by atoms with Gasteiger partial charge in [-0.2, -0.15) is 29.3 Å². The fourth-order valence-corrected chi connectivity index (χ4v) is 10.5. The number of carboxylic acids is 1. The summed E-state index contributed by atoms with van der Waals surface area (Å²) in [7, 11) is 0. The van der Waals surface area contributed by atoms with Crippen LogP contribution in [0.5, 0.6) is 0 Å². The van der Waals surface area contributed by atoms with E-state index in [1.807, 2.05) is 0 Å². The van der Waals surface area contributed by atoms with E-state index in [1.165, 1.54) is 0 Å². The number of hydrogen-bond donors (Lipinski definition) is 2. The Hall–Kier alpha value is -1.41. The van der Waals surface area contributed by atoms with Gasteiger partial charge in [-0.05, 0) is 70.6 Å². The highest BCUT2D eigenvalue weighted by Gasteiger charge is 2.63. The number of carboxylic acid groups (broad SMARTS) is 1. The molecule has 0 radical (unpaired) electrons. The monoisotopic (exact) mass is 664 g/mol. The second-order valence-electron chi connectivity index (χ2n) is 13.5. The van der Waals surface area contributed by atoms with E-state index in [0.29, 0.717) is 35.7 Å². The molecule has 1 saturated carbocycles. The van der Waals surface area contributed by atoms with E-state index in [9.17, 15) is 32.3 Å². The lowest BCUT2D eigenvalue weighted by atomic mass is 9.70. The van der Waals surface area contributed by atoms with Gasteiger partial charge in [0, 0.05) is 40.1 Å². The summed E-state index contributed by atoms with van der Waals surface area (Å²) in [4.78, 5) is 31.3. The first-order valence-corrected chi connectivity index (χ1v) is 17.2. The second kappa shape index (κ2) is 12.3. The number of aromatic nitrogens is 2. The third-order valence-corrected chi connectivity index (χ3v) is 12.6. The Labute approximate surface area is 263 Å². The van der Waals surface area contributed by atoms with Crippen LogP contribution in [-0.2, 0) is 28.9 Å². The molecule has 44 heavy (non-hydrogen) atoms. The van der Waals surface area contributed by atoms with Crippen LogP contribution in [0.3, 0.4) is 0 Å². The molecule has 3 saturated heterocycles. The van der Waals surface area contributed by atoms with Gasteiger partial charge in [-0.1, -0.05) is 0 Å². The van der Waals surface area contributed by atoms with Gasteiger partial charge in [0.25, 0.3) is 5.56 Å². The van der Waals surface area contributed by atoms with Crippen LogP contribution in [0.1, 0.15) is 56.1 Å². The van der Waals surface area contributed by atoms with E-state index in [0.717, 1.165) is 30.6 Å². The Bertz CT molecular complexity index is 1300. The van der Waals surface area contributed by atoms with Crippen molar-refractivity contribution < 1.29 is 32.2 Å². The smallest absolute Gasteiger partial charge is 0.323 e. The maximum atomic E-state index is 13.9. The number of halogens is 5. The van der Waals surface area contributed by atoms with Gasteiger partial charge in [0.15, 0.2) is 0 Å². The molecule has 246 valence electrons. The lowest BCUT2D eigenvalue weighted by Crippen LogP contribution is -2.57. The third kappa shape index (κ3) is 6.04. The minimum absolute atomic E-state index is 0.0309. The van der Waals surface area contributed by atoms with E-state index in [4.69, 9.17) is 16.3 Å². The molecule has 1 aromatic rings. The molecule has 3 aliphatic heterocycles. The standard InChI is InChI=1S/C30H41ClF4N4O4S/c1-15-9-20(26-25(36-15)22(12-44-26)28(41)42)19-10-17(31)3-6-24(19)43-8-7-39-16(2)37-23-5-4-18(11-21(23)27(39)40)38-13-29(32,33)30(34,35)14-38/h15,17-20,22,24-26,36H,3-14H2,1-2H3,(H,41,42). The first-order valence-electron chi connectivity index (χ1n) is 15.7. The normalized spacial score (nSPS) is 38.3. The first-order chi connectivity index (χ1) is 20.8. The number of thioether (sulfide) groups is 1. The highest BCUT2D eigenvalue weighted by atomic mass is 35.5. The second-order valence-corrected chi connectivity index (χ2v) is 15.3. The fourth-order valence-electron chi connectivity index (χ4n) is 8.35. The van der Waals surface area contributed by atoms with Crippen LogP contribution < -0.4 is 10.9 Å². The van der Waals surface area contributed by atoms with Crippen LogP contribution in [0.2, 0.25) is 0 Å². The number of aryl methyl sites for hydroxylation is 2. The number of piperidine rings is 1. The highest BCUT2D eigenvalue weighted by molar-refractivity contribution is 8.00. The van der Waals surface area contributed by atoms with Crippen molar-refractivity contribution in [3.8, 4) is 0 Å². The van der Waals surface area contributed by atoms with Crippen molar-refractivity contribution in [2.24, 2.45) is 17.8 Å². The molecule has 5 aliphatic rings. The predicted molar refractivity (Wildman–Crippen MR) is 159 cm³/mol. The van der Waals surface area contributed by atoms with Gasteiger partial charge in [0.2, 0.25) is 0 Å². The van der Waals surface area contributed by atoms with Gasteiger partial charge in [-0.3, -0.25) is 19.1 Å². The van der Waals surface area contributed by atoms with Gasteiger partial charge in [0.1, 0.15) is 5.82 Å². The average molecular weight is 665 g/mol. The molecule has 2 aliphatic carbocycles. The minimum Gasteiger partial charge on any atom is -0.481 e. The summed E-state index contributed by atoms with van der Waals surface area (Å²) in [5.74, 6) is -7.81. The van der Waals surface area contributed by atoms with E-state index < -0.39 is 42.9 Å². The van der Waals surface area contributed by atoms with E-state index >= 15 is 0 Å². The summed E-state index contributed by atoms with van der Waals surface area (Å²) in [6, 6.07) is -0.476. The van der Waals surface area contributed by atoms with Gasteiger partial charge in [0.05, 0.1) is 44.0 Å². The molecule has 1 aromatic heterocycles. The lowest BCUT2D eigenvalue weighted by Gasteiger charge is -2.47. The topological polar surface area (TPSA) is 96.7 Å². The minimum atomic E-state index is -4.09. The molecular formula is C30H41ClF4N4O4S. The maximum absolute atomic E-state index is 13.9. The fraction of sp³-hybridized carbons (Fsp3) is 0.833. The summed E-state index contributed by atoms with van der Waals surface area (Å²) in [5.41, 5.74) is 0.756. The zero-order valence-electron chi connectivity index (χ0n) is 25.0. The van der Waals surface area contributed by atoms with Crippen LogP contribution in [-0.4, -0.2) is 97.7 Å². The van der Waals surface area contributed by atoms with E-state index in [1.54, 1.807) is 23.3 Å². The number of fused-ring (bicyclic) bond motifs is 2. The van der Waals surface area contributed by atoms with Crippen molar-refractivity contribution in [2.45, 2.75) is 112 Å². The van der Waals surface area contributed by atoms with Crippen LogP contribution in [0, 0.1) is 24.7 Å². The van der Waals surface area contributed by atoms with Crippen molar-refractivity contribution in [1.82, 2.24) is 19.8 Å². The summed E-state index contributed by atoms with van der Waals surface area (Å²) >= 11 is 8.41. The summed E-state index contributed by atoms with van der Waals surface area (Å²) in [6.45, 7) is 2.35. The van der Waals surface area contributed by atoms with Crippen LogP contribution in [0.4, 0.5) is 17.6 Å². The average Bonchev–Trinajstić information content (AvgIpc) is 3.47. The summed E-state index contributed by atoms with van der Waals surface area (Å²) < 4.78 is 63.6. The molecular weight excluding hydrogens is 624 g/mol. The molecule has 14 heteroatoms. The molecule has 4 fully saturated rings. The molecule has 4 heterocycles. The molecule has 0 spiro atoms. The highest BCUT2D eigenvalue weighted by Crippen LogP contribution is 2.48. The SMILES string of the molecule is Cc1nc2c(c(=O)n1CCOC1CCC(Cl)CC1C1CC(C)NC3C(C(=O)O)CSC13)CC(N1CC(F)(F)C(F)(F)C1)CC2. The van der Waals surface area contributed by atoms with Gasteiger partial charge in [-0.15, -0.1) is 11.6 Å². The number of nitrogens with zero attached hydrogens (tertiary/aromatic N) is 3. The third-order valence-electron chi connectivity index (χ3n) is 10.6. The van der Waals surface area contributed by atoms with Gasteiger partial charge < -0.3 is 15.2 Å². The largest absolute Gasteiger partial charge is 0.481 e. The quantitative estimate of drug-likeness (QED) is 0.334. The van der Waals surface area contributed by atoms with Crippen LogP contribution in [0.15, 0.2) is 4.79 Å². The Kier molecular flexibility index (Phi) is 9.10. The van der Waals surface area contributed by atoms with E-state index in [2.05, 4.69) is 17.2 Å². The Morgan fingerprint density at radius 3 is 2.59 bits per heavy atom. The lowest BCUT2D eigenvalue weighted by molar-refractivity contribution is -0.172. The van der Waals surface area contributed by atoms with Crippen LogP contribution in [0.25, 0.3) is 0 Å². The molecule has 8 nitrogen and oxygen atoms in total. The molecule has 0 amide bonds. The zero-order valence-corrected chi connectivity index (χ0v) is 26.6. The molecule has 2 N–H and O–H groups in total. The molecule has 0 aromatic carbocycles. The number of aliphatic carboxylic acids is 1. The van der Waals surface area contributed by atoms with Crippen LogP contribution >= 0.6 is 23.4 Å². The molecule has 9 unspecified atom stereocenters. The van der Waals surface area contributed by atoms with Crippen molar-refractivity contribution in [3.05, 3.63) is 27.4 Å². The first kappa shape index (κ1) is 32.5. The molecule has 9 atom stereocenters. The molecule has 0 bridgehead atoms. The Balaban J connectivity index is 1.14. The van der Waals surface area contributed by atoms with Crippen molar-refractivity contribution >= 4 is 29.3 Å². The van der Waals surface area contributed by atoms with Crippen molar-refractivity contribution in [2.75, 3.05) is 25.4 Å². The zero-order chi connectivity index (χ0) is 31.6. The molecule has 6 rings (SSSR count). The Morgan fingerprint density at radius 2 is 1.89 bits per heavy atom. The summed E-state index contributed by atoms with van der Waals surface area (Å²) in [5, 5.41) is 13.5. The van der Waals surface area contributed by atoms with Crippen molar-refractivity contribution in [1.29, 1.82) is 0 Å².